The molecule has 3 atom stereocenters. The number of pyridine rings is 2. The molecule has 7 heterocycles. The Kier molecular flexibility index (Phi) is 8.02. The molecule has 9 rings (SSSR count). The molecule has 1 saturated heterocycles. The summed E-state index contributed by atoms with van der Waals surface area (Å²) < 4.78 is 40.9. The minimum Gasteiger partial charge on any atom is -0.378 e. The Balaban J connectivity index is 1.18. The number of carbonyl (C=O) groups is 1. The molecule has 0 radical (unpaired) electrons. The van der Waals surface area contributed by atoms with Crippen molar-refractivity contribution in [3.8, 4) is 16.9 Å². The van der Waals surface area contributed by atoms with Gasteiger partial charge in [-0.15, -0.1) is 0 Å². The average molecular weight is 720 g/mol. The monoisotopic (exact) mass is 719 g/mol. The van der Waals surface area contributed by atoms with E-state index in [-0.39, 0.29) is 29.9 Å². The number of amides is 1. The van der Waals surface area contributed by atoms with Crippen LogP contribution in [0.1, 0.15) is 30.7 Å². The van der Waals surface area contributed by atoms with Gasteiger partial charge in [0.2, 0.25) is 5.91 Å². The molecule has 53 heavy (non-hydrogen) atoms. The lowest BCUT2D eigenvalue weighted by Crippen LogP contribution is -2.47. The first-order valence-electron chi connectivity index (χ1n) is 18.0. The summed E-state index contributed by atoms with van der Waals surface area (Å²) in [6.45, 7) is 3.40. The molecule has 3 aliphatic rings. The number of nitrogens with zero attached hydrogens (tertiary/aromatic N) is 8. The zero-order valence-electron chi connectivity index (χ0n) is 29.7. The van der Waals surface area contributed by atoms with E-state index in [4.69, 9.17) is 14.8 Å². The van der Waals surface area contributed by atoms with Crippen LogP contribution in [0.5, 0.6) is 0 Å². The molecule has 14 heteroatoms. The van der Waals surface area contributed by atoms with Crippen LogP contribution >= 0.6 is 0 Å². The second-order valence-electron chi connectivity index (χ2n) is 14.4. The maximum Gasteiger partial charge on any atom is 0.254 e. The summed E-state index contributed by atoms with van der Waals surface area (Å²) in [5.41, 5.74) is 5.04. The number of ether oxygens (including phenoxy) is 1. The smallest absolute Gasteiger partial charge is 0.254 e. The van der Waals surface area contributed by atoms with Crippen molar-refractivity contribution < 1.29 is 18.3 Å². The van der Waals surface area contributed by atoms with Crippen molar-refractivity contribution in [1.82, 2.24) is 33.8 Å². The lowest BCUT2D eigenvalue weighted by molar-refractivity contribution is -0.132. The fraction of sp³-hybridized carbons (Fsp3) is 0.359. The molecule has 4 bridgehead atoms. The number of likely N-dealkylation sites (N-methyl/N-ethyl adjacent to an activating group) is 1. The molecule has 1 N–H and O–H groups in total. The lowest BCUT2D eigenvalue weighted by Gasteiger charge is -2.31. The summed E-state index contributed by atoms with van der Waals surface area (Å²) in [5.74, 6) is 0.423. The lowest BCUT2D eigenvalue weighted by atomic mass is 10.1. The highest BCUT2D eigenvalue weighted by atomic mass is 19.1. The normalized spacial score (nSPS) is 20.4. The van der Waals surface area contributed by atoms with E-state index in [1.54, 1.807) is 52.7 Å². The Morgan fingerprint density at radius 1 is 0.925 bits per heavy atom. The predicted octanol–water partition coefficient (Wildman–Crippen LogP) is 5.07. The van der Waals surface area contributed by atoms with Gasteiger partial charge < -0.3 is 24.4 Å². The van der Waals surface area contributed by atoms with Gasteiger partial charge in [-0.1, -0.05) is 6.07 Å². The summed E-state index contributed by atoms with van der Waals surface area (Å²) in [5, 5.41) is 9.05. The molecule has 272 valence electrons. The maximum atomic E-state index is 15.0. The minimum absolute atomic E-state index is 0.119. The topological polar surface area (TPSA) is 115 Å². The highest BCUT2D eigenvalue weighted by Gasteiger charge is 2.40. The van der Waals surface area contributed by atoms with Gasteiger partial charge in [-0.2, -0.15) is 5.10 Å². The standard InChI is InChI=1S/C39H39F2N9O3/c1-22-43-31-15-25(41)14-28-30-8-6-9-35(45-30)44-26-16-34(39(52)46(2)20-27(53-3)21-48(22)37(28)31)49(19-26)33-17-36(51)47-12-5-4-7-23-13-24(40)10-11-32(23)50-38(47)29(33)18-42-50/h6,8-11,13-15,17-18,26-27,34H,4-5,7,12,16,19-21H2,1-3H3,(H,44,45)/t26-,27-,34-/m0/s1. The Morgan fingerprint density at radius 3 is 2.64 bits per heavy atom. The van der Waals surface area contributed by atoms with E-state index in [0.29, 0.717) is 72.2 Å². The van der Waals surface area contributed by atoms with Crippen molar-refractivity contribution in [3.05, 3.63) is 94.2 Å². The van der Waals surface area contributed by atoms with Crippen LogP contribution in [0.15, 0.2) is 65.6 Å². The van der Waals surface area contributed by atoms with E-state index in [2.05, 4.69) is 10.3 Å². The zero-order chi connectivity index (χ0) is 36.5. The average Bonchev–Trinajstić information content (AvgIpc) is 3.85. The van der Waals surface area contributed by atoms with Gasteiger partial charge >= 0.3 is 0 Å². The molecule has 0 aliphatic carbocycles. The van der Waals surface area contributed by atoms with E-state index in [1.807, 2.05) is 34.6 Å². The number of carbonyl (C=O) groups excluding carboxylic acids is 1. The quantitative estimate of drug-likeness (QED) is 0.264. The number of rotatable bonds is 2. The van der Waals surface area contributed by atoms with Crippen molar-refractivity contribution in [2.24, 2.45) is 0 Å². The first-order chi connectivity index (χ1) is 25.7. The van der Waals surface area contributed by atoms with E-state index in [1.165, 1.54) is 18.2 Å². The van der Waals surface area contributed by atoms with E-state index < -0.39 is 18.0 Å². The number of methoxy groups -OCH3 is 1. The summed E-state index contributed by atoms with van der Waals surface area (Å²) in [4.78, 5) is 41.9. The minimum atomic E-state index is -0.629. The summed E-state index contributed by atoms with van der Waals surface area (Å²) in [7, 11) is 3.39. The third kappa shape index (κ3) is 5.63. The van der Waals surface area contributed by atoms with Gasteiger partial charge in [-0.25, -0.2) is 23.4 Å². The number of anilines is 2. The van der Waals surface area contributed by atoms with E-state index >= 15 is 4.39 Å². The van der Waals surface area contributed by atoms with Gasteiger partial charge in [-0.05, 0) is 74.6 Å². The molecule has 0 spiro atoms. The number of imidazole rings is 1. The zero-order valence-corrected chi connectivity index (χ0v) is 29.7. The van der Waals surface area contributed by atoms with Crippen LogP contribution in [0, 0.1) is 18.6 Å². The fourth-order valence-corrected chi connectivity index (χ4v) is 8.48. The number of benzene rings is 2. The van der Waals surface area contributed by atoms with Crippen LogP contribution in [0.3, 0.4) is 0 Å². The number of halogens is 2. The molecular weight excluding hydrogens is 680 g/mol. The number of nitrogens with one attached hydrogen (secondary N) is 1. The number of fused-ring (bicyclic) bond motifs is 7. The molecule has 0 unspecified atom stereocenters. The molecule has 4 aromatic heterocycles. The van der Waals surface area contributed by atoms with E-state index in [9.17, 15) is 14.0 Å². The third-order valence-corrected chi connectivity index (χ3v) is 11.0. The summed E-state index contributed by atoms with van der Waals surface area (Å²) in [6, 6.07) is 13.9. The van der Waals surface area contributed by atoms with Crippen molar-refractivity contribution in [2.45, 2.75) is 63.9 Å². The van der Waals surface area contributed by atoms with Gasteiger partial charge in [0.25, 0.3) is 5.56 Å². The van der Waals surface area contributed by atoms with Gasteiger partial charge in [0.05, 0.1) is 52.3 Å². The summed E-state index contributed by atoms with van der Waals surface area (Å²) in [6.07, 6.45) is 3.95. The second kappa shape index (κ2) is 12.8. The second-order valence-corrected chi connectivity index (χ2v) is 14.4. The molecule has 6 aromatic rings. The number of hydrogen-bond acceptors (Lipinski definition) is 8. The van der Waals surface area contributed by atoms with Crippen LogP contribution in [0.25, 0.3) is 39.0 Å². The molecule has 0 saturated carbocycles. The maximum absolute atomic E-state index is 15.0. The van der Waals surface area contributed by atoms with Gasteiger partial charge in [-0.3, -0.25) is 14.2 Å². The Hall–Kier alpha value is -5.63. The number of aryl methyl sites for hydroxylation is 3. The highest BCUT2D eigenvalue weighted by Crippen LogP contribution is 2.36. The van der Waals surface area contributed by atoms with Crippen LogP contribution in [0.4, 0.5) is 20.3 Å². The predicted molar refractivity (Wildman–Crippen MR) is 197 cm³/mol. The van der Waals surface area contributed by atoms with Gasteiger partial charge in [0.1, 0.15) is 35.0 Å². The van der Waals surface area contributed by atoms with Crippen LogP contribution < -0.4 is 15.8 Å². The molecular formula is C39H39F2N9O3. The van der Waals surface area contributed by atoms with Gasteiger partial charge in [0.15, 0.2) is 0 Å². The molecule has 2 aromatic carbocycles. The number of hydrogen-bond donors (Lipinski definition) is 1. The van der Waals surface area contributed by atoms with Crippen LogP contribution in [-0.2, 0) is 29.0 Å². The molecule has 1 amide bonds. The highest BCUT2D eigenvalue weighted by molar-refractivity contribution is 5.95. The fourth-order valence-electron chi connectivity index (χ4n) is 8.48. The van der Waals surface area contributed by atoms with Crippen molar-refractivity contribution in [3.63, 3.8) is 0 Å². The Labute approximate surface area is 303 Å². The van der Waals surface area contributed by atoms with Gasteiger partial charge in [0, 0.05) is 57.5 Å². The van der Waals surface area contributed by atoms with Crippen LogP contribution in [-0.4, -0.2) is 85.1 Å². The third-order valence-electron chi connectivity index (χ3n) is 11.0. The summed E-state index contributed by atoms with van der Waals surface area (Å²) >= 11 is 0. The molecule has 3 aliphatic heterocycles. The SMILES string of the molecule is CO[C@H]1CN(C)C(=O)[C@@H]2C[C@@H](CN2c2cc(=O)n3c4c2cnn4-c2ccc(F)cc2CCCC3)Nc2cccc(n2)-c2cc(F)cc3nc(C)n(c23)C1. The molecule has 1 fully saturated rings. The van der Waals surface area contributed by atoms with Crippen molar-refractivity contribution in [2.75, 3.05) is 37.5 Å². The Morgan fingerprint density at radius 2 is 1.79 bits per heavy atom. The van der Waals surface area contributed by atoms with E-state index in [0.717, 1.165) is 35.0 Å². The Bertz CT molecular complexity index is 2490. The first kappa shape index (κ1) is 33.2. The number of aromatic nitrogens is 6. The first-order valence-corrected chi connectivity index (χ1v) is 18.0. The van der Waals surface area contributed by atoms with Crippen molar-refractivity contribution in [1.29, 1.82) is 0 Å². The largest absolute Gasteiger partial charge is 0.378 e. The van der Waals surface area contributed by atoms with Crippen LogP contribution in [0.2, 0.25) is 0 Å². The van der Waals surface area contributed by atoms with Crippen molar-refractivity contribution >= 4 is 39.5 Å². The molecule has 12 nitrogen and oxygen atoms in total.